The molecule has 0 aliphatic heterocycles. The molecule has 5 heteroatoms. The van der Waals surface area contributed by atoms with Crippen molar-refractivity contribution in [1.82, 2.24) is 19.6 Å². The number of aromatic nitrogens is 4. The zero-order valence-electron chi connectivity index (χ0n) is 12.7. The van der Waals surface area contributed by atoms with Gasteiger partial charge in [0.05, 0.1) is 17.4 Å². The molecule has 0 aliphatic rings. The average Bonchev–Trinajstić information content (AvgIpc) is 3.01. The molecule has 0 bridgehead atoms. The van der Waals surface area contributed by atoms with Crippen molar-refractivity contribution in [1.29, 1.82) is 0 Å². The third-order valence-corrected chi connectivity index (χ3v) is 4.12. The second kappa shape index (κ2) is 5.33. The van der Waals surface area contributed by atoms with Crippen molar-refractivity contribution in [3.63, 3.8) is 0 Å². The van der Waals surface area contributed by atoms with Crippen LogP contribution in [0.3, 0.4) is 0 Å². The maximum Gasteiger partial charge on any atom is 0.0722 e. The molecule has 2 heterocycles. The number of nitrogens with zero attached hydrogens (tertiary/aromatic N) is 4. The summed E-state index contributed by atoms with van der Waals surface area (Å²) in [7, 11) is 1.94. The normalized spacial score (nSPS) is 13.0. The van der Waals surface area contributed by atoms with Crippen LogP contribution in [0.25, 0.3) is 10.9 Å². The molecule has 5 nitrogen and oxygen atoms in total. The largest absolute Gasteiger partial charge is 0.324 e. The van der Waals surface area contributed by atoms with Crippen molar-refractivity contribution in [2.45, 2.75) is 32.9 Å². The lowest BCUT2D eigenvalue weighted by Gasteiger charge is -2.10. The lowest BCUT2D eigenvalue weighted by atomic mass is 10.0. The molecular formula is C16H21N5. The number of fused-ring (bicyclic) bond motifs is 1. The van der Waals surface area contributed by atoms with E-state index in [0.717, 1.165) is 29.9 Å². The molecule has 21 heavy (non-hydrogen) atoms. The molecule has 0 radical (unpaired) electrons. The first-order valence-electron chi connectivity index (χ1n) is 7.30. The Kier molecular flexibility index (Phi) is 3.51. The van der Waals surface area contributed by atoms with E-state index in [1.165, 1.54) is 10.9 Å². The minimum Gasteiger partial charge on any atom is -0.324 e. The monoisotopic (exact) mass is 283 g/mol. The predicted molar refractivity (Wildman–Crippen MR) is 84.0 cm³/mol. The van der Waals surface area contributed by atoms with Crippen molar-refractivity contribution in [3.05, 3.63) is 47.4 Å². The van der Waals surface area contributed by atoms with Crippen LogP contribution in [0.15, 0.2) is 30.5 Å². The fourth-order valence-electron chi connectivity index (χ4n) is 2.79. The van der Waals surface area contributed by atoms with Gasteiger partial charge in [-0.15, -0.1) is 0 Å². The average molecular weight is 283 g/mol. The van der Waals surface area contributed by atoms with Gasteiger partial charge in [-0.25, -0.2) is 0 Å². The maximum absolute atomic E-state index is 6.38. The summed E-state index contributed by atoms with van der Waals surface area (Å²) in [5, 5.41) is 10.2. The van der Waals surface area contributed by atoms with Crippen LogP contribution < -0.4 is 5.73 Å². The van der Waals surface area contributed by atoms with E-state index in [4.69, 9.17) is 10.8 Å². The number of rotatable bonds is 4. The van der Waals surface area contributed by atoms with Gasteiger partial charge < -0.3 is 5.73 Å². The van der Waals surface area contributed by atoms with Crippen LogP contribution >= 0.6 is 0 Å². The van der Waals surface area contributed by atoms with Crippen molar-refractivity contribution >= 4 is 10.9 Å². The van der Waals surface area contributed by atoms with E-state index in [0.29, 0.717) is 0 Å². The molecule has 0 spiro atoms. The third-order valence-electron chi connectivity index (χ3n) is 4.12. The lowest BCUT2D eigenvalue weighted by molar-refractivity contribution is 0.639. The van der Waals surface area contributed by atoms with Gasteiger partial charge in [0.2, 0.25) is 0 Å². The van der Waals surface area contributed by atoms with E-state index < -0.39 is 0 Å². The Morgan fingerprint density at radius 1 is 1.29 bits per heavy atom. The topological polar surface area (TPSA) is 61.7 Å². The second-order valence-electron chi connectivity index (χ2n) is 5.40. The highest BCUT2D eigenvalue weighted by Gasteiger charge is 2.17. The first kappa shape index (κ1) is 13.8. The summed E-state index contributed by atoms with van der Waals surface area (Å²) < 4.78 is 3.89. The van der Waals surface area contributed by atoms with Gasteiger partial charge in [0, 0.05) is 42.7 Å². The molecular weight excluding hydrogens is 262 g/mol. The zero-order valence-corrected chi connectivity index (χ0v) is 12.7. The summed E-state index contributed by atoms with van der Waals surface area (Å²) >= 11 is 0. The summed E-state index contributed by atoms with van der Waals surface area (Å²) in [6.07, 6.45) is 2.58. The van der Waals surface area contributed by atoms with E-state index in [-0.39, 0.29) is 6.04 Å². The summed E-state index contributed by atoms with van der Waals surface area (Å²) in [6.45, 7) is 5.01. The standard InChI is InChI=1S/C16H21N5/c1-4-21-16-8-6-5-7-12(16)15(19-21)9-14(17)13-10-18-20(3)11(13)2/h5-8,10,14H,4,9,17H2,1-3H3. The van der Waals surface area contributed by atoms with Crippen LogP contribution in [0.1, 0.15) is 29.9 Å². The van der Waals surface area contributed by atoms with E-state index in [2.05, 4.69) is 24.2 Å². The van der Waals surface area contributed by atoms with E-state index in [1.807, 2.05) is 41.7 Å². The molecule has 2 aromatic heterocycles. The quantitative estimate of drug-likeness (QED) is 0.799. The van der Waals surface area contributed by atoms with Gasteiger partial charge in [0.1, 0.15) is 0 Å². The van der Waals surface area contributed by atoms with Crippen LogP contribution in [0.4, 0.5) is 0 Å². The van der Waals surface area contributed by atoms with Gasteiger partial charge in [-0.1, -0.05) is 18.2 Å². The molecule has 0 saturated carbocycles. The molecule has 3 aromatic rings. The van der Waals surface area contributed by atoms with E-state index in [9.17, 15) is 0 Å². The van der Waals surface area contributed by atoms with E-state index >= 15 is 0 Å². The lowest BCUT2D eigenvalue weighted by Crippen LogP contribution is -2.15. The van der Waals surface area contributed by atoms with Gasteiger partial charge >= 0.3 is 0 Å². The summed E-state index contributed by atoms with van der Waals surface area (Å²) in [6, 6.07) is 8.24. The minimum atomic E-state index is -0.0812. The minimum absolute atomic E-state index is 0.0812. The van der Waals surface area contributed by atoms with Crippen LogP contribution in [0.2, 0.25) is 0 Å². The number of nitrogens with two attached hydrogens (primary N) is 1. The van der Waals surface area contributed by atoms with Crippen LogP contribution in [-0.2, 0) is 20.0 Å². The number of benzene rings is 1. The van der Waals surface area contributed by atoms with E-state index in [1.54, 1.807) is 0 Å². The SMILES string of the molecule is CCn1nc(CC(N)c2cnn(C)c2C)c2ccccc21. The van der Waals surface area contributed by atoms with Crippen molar-refractivity contribution in [2.24, 2.45) is 12.8 Å². The van der Waals surface area contributed by atoms with Crippen LogP contribution in [0.5, 0.6) is 0 Å². The first-order valence-corrected chi connectivity index (χ1v) is 7.30. The van der Waals surface area contributed by atoms with Gasteiger partial charge in [0.25, 0.3) is 0 Å². The Balaban J connectivity index is 1.96. The van der Waals surface area contributed by atoms with Crippen LogP contribution in [0, 0.1) is 6.92 Å². The molecule has 0 amide bonds. The molecule has 3 rings (SSSR count). The maximum atomic E-state index is 6.38. The molecule has 1 atom stereocenters. The molecule has 2 N–H and O–H groups in total. The van der Waals surface area contributed by atoms with Gasteiger partial charge in [-0.2, -0.15) is 10.2 Å². The third kappa shape index (κ3) is 2.34. The number of para-hydroxylation sites is 1. The molecule has 0 saturated heterocycles. The molecule has 1 unspecified atom stereocenters. The van der Waals surface area contributed by atoms with Crippen molar-refractivity contribution in [2.75, 3.05) is 0 Å². The smallest absolute Gasteiger partial charge is 0.0722 e. The number of hydrogen-bond donors (Lipinski definition) is 1. The predicted octanol–water partition coefficient (Wildman–Crippen LogP) is 2.34. The van der Waals surface area contributed by atoms with Crippen molar-refractivity contribution < 1.29 is 0 Å². The van der Waals surface area contributed by atoms with Gasteiger partial charge in [-0.3, -0.25) is 9.36 Å². The fraction of sp³-hybridized carbons (Fsp3) is 0.375. The summed E-state index contributed by atoms with van der Waals surface area (Å²) in [5.41, 5.74) is 10.8. The Morgan fingerprint density at radius 3 is 2.71 bits per heavy atom. The molecule has 110 valence electrons. The molecule has 1 aromatic carbocycles. The Labute approximate surface area is 124 Å². The Bertz CT molecular complexity index is 768. The second-order valence-corrected chi connectivity index (χ2v) is 5.40. The zero-order chi connectivity index (χ0) is 15.0. The Morgan fingerprint density at radius 2 is 2.05 bits per heavy atom. The van der Waals surface area contributed by atoms with Crippen LogP contribution in [-0.4, -0.2) is 19.6 Å². The highest BCUT2D eigenvalue weighted by atomic mass is 15.3. The molecule has 0 fully saturated rings. The highest BCUT2D eigenvalue weighted by molar-refractivity contribution is 5.82. The molecule has 0 aliphatic carbocycles. The first-order chi connectivity index (χ1) is 10.1. The van der Waals surface area contributed by atoms with Gasteiger partial charge in [-0.05, 0) is 19.9 Å². The highest BCUT2D eigenvalue weighted by Crippen LogP contribution is 2.24. The number of hydrogen-bond acceptors (Lipinski definition) is 3. The summed E-state index contributed by atoms with van der Waals surface area (Å²) in [5.74, 6) is 0. The number of aryl methyl sites for hydroxylation is 2. The van der Waals surface area contributed by atoms with Gasteiger partial charge in [0.15, 0.2) is 0 Å². The Hall–Kier alpha value is -2.14. The summed E-state index contributed by atoms with van der Waals surface area (Å²) in [4.78, 5) is 0. The van der Waals surface area contributed by atoms with Crippen molar-refractivity contribution in [3.8, 4) is 0 Å². The fourth-order valence-corrected chi connectivity index (χ4v) is 2.79.